The zero-order chi connectivity index (χ0) is 11.4. The van der Waals surface area contributed by atoms with Gasteiger partial charge in [0.15, 0.2) is 0 Å². The molecule has 0 aromatic carbocycles. The van der Waals surface area contributed by atoms with E-state index in [4.69, 9.17) is 4.52 Å². The molecule has 0 aliphatic carbocycles. The molecule has 1 atom stereocenters. The van der Waals surface area contributed by atoms with Crippen molar-refractivity contribution in [2.45, 2.75) is 33.1 Å². The summed E-state index contributed by atoms with van der Waals surface area (Å²) < 4.78 is 5.08. The van der Waals surface area contributed by atoms with E-state index in [1.807, 2.05) is 25.8 Å². The summed E-state index contributed by atoms with van der Waals surface area (Å²) in [6.07, 6.45) is 0.687. The predicted molar refractivity (Wildman–Crippen MR) is 57.0 cm³/mol. The molecule has 1 aromatic heterocycles. The van der Waals surface area contributed by atoms with Gasteiger partial charge in [0.05, 0.1) is 5.92 Å². The lowest BCUT2D eigenvalue weighted by Gasteiger charge is -2.09. The Morgan fingerprint density at radius 2 is 2.20 bits per heavy atom. The summed E-state index contributed by atoms with van der Waals surface area (Å²) in [5.41, 5.74) is 0. The lowest BCUT2D eigenvalue weighted by molar-refractivity contribution is -0.119. The molecule has 5 heteroatoms. The van der Waals surface area contributed by atoms with Gasteiger partial charge in [-0.2, -0.15) is 4.98 Å². The van der Waals surface area contributed by atoms with E-state index in [9.17, 15) is 4.79 Å². The first-order valence-electron chi connectivity index (χ1n) is 5.15. The molecule has 0 radical (unpaired) electrons. The molecule has 84 valence electrons. The lowest BCUT2D eigenvalue weighted by atomic mass is 10.0. The SMILES string of the molecule is CCC(C(C)=O)c1nc(N(C)CC)no1. The minimum atomic E-state index is -0.267. The number of ketones is 1. The smallest absolute Gasteiger partial charge is 0.265 e. The number of Topliss-reactive ketones (excluding diaryl/α,β-unsaturated/α-hetero) is 1. The average molecular weight is 211 g/mol. The Morgan fingerprint density at radius 3 is 2.67 bits per heavy atom. The third-order valence-electron chi connectivity index (χ3n) is 2.44. The topological polar surface area (TPSA) is 59.2 Å². The second-order valence-electron chi connectivity index (χ2n) is 3.52. The summed E-state index contributed by atoms with van der Waals surface area (Å²) in [7, 11) is 1.88. The van der Waals surface area contributed by atoms with Gasteiger partial charge >= 0.3 is 0 Å². The number of aromatic nitrogens is 2. The van der Waals surface area contributed by atoms with Gasteiger partial charge < -0.3 is 9.42 Å². The quantitative estimate of drug-likeness (QED) is 0.740. The van der Waals surface area contributed by atoms with Crippen LogP contribution in [0.1, 0.15) is 39.0 Å². The molecule has 1 unspecified atom stereocenters. The molecule has 0 N–H and O–H groups in total. The molecule has 1 rings (SSSR count). The van der Waals surface area contributed by atoms with Crippen molar-refractivity contribution in [3.05, 3.63) is 5.89 Å². The van der Waals surface area contributed by atoms with Gasteiger partial charge in [0.2, 0.25) is 5.89 Å². The maximum Gasteiger partial charge on any atom is 0.265 e. The van der Waals surface area contributed by atoms with Gasteiger partial charge in [0.25, 0.3) is 5.95 Å². The Labute approximate surface area is 89.5 Å². The molecule has 0 aliphatic rings. The standard InChI is InChI=1S/C10H17N3O2/c1-5-8(7(3)14)9-11-10(12-15-9)13(4)6-2/h8H,5-6H2,1-4H3. The van der Waals surface area contributed by atoms with Crippen molar-refractivity contribution in [1.29, 1.82) is 0 Å². The highest BCUT2D eigenvalue weighted by molar-refractivity contribution is 5.82. The number of rotatable bonds is 5. The van der Waals surface area contributed by atoms with Crippen LogP contribution in [0.15, 0.2) is 4.52 Å². The molecule has 0 saturated carbocycles. The van der Waals surface area contributed by atoms with E-state index in [-0.39, 0.29) is 11.7 Å². The molecular formula is C10H17N3O2. The largest absolute Gasteiger partial charge is 0.342 e. The number of hydrogen-bond acceptors (Lipinski definition) is 5. The Hall–Kier alpha value is -1.39. The normalized spacial score (nSPS) is 12.5. The van der Waals surface area contributed by atoms with Crippen molar-refractivity contribution in [1.82, 2.24) is 10.1 Å². The van der Waals surface area contributed by atoms with Gasteiger partial charge in [-0.15, -0.1) is 0 Å². The van der Waals surface area contributed by atoms with E-state index in [0.29, 0.717) is 18.3 Å². The molecule has 0 aliphatic heterocycles. The summed E-state index contributed by atoms with van der Waals surface area (Å²) in [6, 6.07) is 0. The highest BCUT2D eigenvalue weighted by Gasteiger charge is 2.22. The number of carbonyl (C=O) groups is 1. The van der Waals surface area contributed by atoms with Crippen molar-refractivity contribution < 1.29 is 9.32 Å². The van der Waals surface area contributed by atoms with E-state index >= 15 is 0 Å². The van der Waals surface area contributed by atoms with Gasteiger partial charge in [-0.25, -0.2) is 0 Å². The maximum atomic E-state index is 11.3. The fourth-order valence-corrected chi connectivity index (χ4v) is 1.30. The van der Waals surface area contributed by atoms with E-state index < -0.39 is 0 Å². The Morgan fingerprint density at radius 1 is 1.53 bits per heavy atom. The summed E-state index contributed by atoms with van der Waals surface area (Å²) in [4.78, 5) is 17.3. The monoisotopic (exact) mass is 211 g/mol. The van der Waals surface area contributed by atoms with E-state index in [0.717, 1.165) is 6.54 Å². The maximum absolute atomic E-state index is 11.3. The van der Waals surface area contributed by atoms with Crippen LogP contribution in [0.5, 0.6) is 0 Å². The number of anilines is 1. The van der Waals surface area contributed by atoms with Crippen LogP contribution in [0.25, 0.3) is 0 Å². The highest BCUT2D eigenvalue weighted by atomic mass is 16.5. The first-order chi connectivity index (χ1) is 7.10. The Kier molecular flexibility index (Phi) is 3.82. The first-order valence-corrected chi connectivity index (χ1v) is 5.15. The van der Waals surface area contributed by atoms with Gasteiger partial charge in [-0.05, 0) is 25.4 Å². The van der Waals surface area contributed by atoms with Gasteiger partial charge in [0, 0.05) is 13.6 Å². The van der Waals surface area contributed by atoms with Crippen molar-refractivity contribution >= 4 is 11.7 Å². The van der Waals surface area contributed by atoms with Crippen molar-refractivity contribution in [3.8, 4) is 0 Å². The fraction of sp³-hybridized carbons (Fsp3) is 0.700. The van der Waals surface area contributed by atoms with Crippen LogP contribution in [-0.4, -0.2) is 29.5 Å². The van der Waals surface area contributed by atoms with Crippen LogP contribution in [0.4, 0.5) is 5.95 Å². The third-order valence-corrected chi connectivity index (χ3v) is 2.44. The third kappa shape index (κ3) is 2.55. The summed E-state index contributed by atoms with van der Waals surface area (Å²) in [6.45, 7) is 6.27. The van der Waals surface area contributed by atoms with Crippen molar-refractivity contribution in [3.63, 3.8) is 0 Å². The highest BCUT2D eigenvalue weighted by Crippen LogP contribution is 2.20. The first kappa shape index (κ1) is 11.7. The second-order valence-corrected chi connectivity index (χ2v) is 3.52. The predicted octanol–water partition coefficient (Wildman–Crippen LogP) is 1.61. The molecular weight excluding hydrogens is 194 g/mol. The molecule has 0 amide bonds. The van der Waals surface area contributed by atoms with E-state index in [1.54, 1.807) is 6.92 Å². The van der Waals surface area contributed by atoms with Crippen LogP contribution >= 0.6 is 0 Å². The van der Waals surface area contributed by atoms with Crippen LogP contribution in [0.3, 0.4) is 0 Å². The van der Waals surface area contributed by atoms with Crippen LogP contribution in [0, 0.1) is 0 Å². The van der Waals surface area contributed by atoms with Crippen LogP contribution < -0.4 is 4.90 Å². The summed E-state index contributed by atoms with van der Waals surface area (Å²) in [5, 5.41) is 3.83. The number of hydrogen-bond donors (Lipinski definition) is 0. The molecule has 1 heterocycles. The van der Waals surface area contributed by atoms with Crippen molar-refractivity contribution in [2.24, 2.45) is 0 Å². The van der Waals surface area contributed by atoms with Crippen molar-refractivity contribution in [2.75, 3.05) is 18.5 Å². The summed E-state index contributed by atoms with van der Waals surface area (Å²) in [5.74, 6) is 0.746. The van der Waals surface area contributed by atoms with Crippen LogP contribution in [0.2, 0.25) is 0 Å². The van der Waals surface area contributed by atoms with E-state index in [1.165, 1.54) is 0 Å². The fourth-order valence-electron chi connectivity index (χ4n) is 1.30. The molecule has 1 aromatic rings. The summed E-state index contributed by atoms with van der Waals surface area (Å²) >= 11 is 0. The van der Waals surface area contributed by atoms with E-state index in [2.05, 4.69) is 10.1 Å². The Balaban J connectivity index is 2.87. The van der Waals surface area contributed by atoms with Gasteiger partial charge in [-0.1, -0.05) is 6.92 Å². The molecule has 0 spiro atoms. The molecule has 0 bridgehead atoms. The Bertz CT molecular complexity index is 335. The molecule has 0 saturated heterocycles. The number of carbonyl (C=O) groups excluding carboxylic acids is 1. The van der Waals surface area contributed by atoms with Crippen LogP contribution in [-0.2, 0) is 4.79 Å². The van der Waals surface area contributed by atoms with Gasteiger partial charge in [0.1, 0.15) is 5.78 Å². The zero-order valence-electron chi connectivity index (χ0n) is 9.65. The average Bonchev–Trinajstić information content (AvgIpc) is 2.66. The van der Waals surface area contributed by atoms with Gasteiger partial charge in [-0.3, -0.25) is 4.79 Å². The zero-order valence-corrected chi connectivity index (χ0v) is 9.65. The minimum absolute atomic E-state index is 0.0619. The molecule has 0 fully saturated rings. The second kappa shape index (κ2) is 4.91. The number of nitrogens with zero attached hydrogens (tertiary/aromatic N) is 3. The molecule has 5 nitrogen and oxygen atoms in total. The molecule has 15 heavy (non-hydrogen) atoms. The lowest BCUT2D eigenvalue weighted by Crippen LogP contribution is -2.17. The minimum Gasteiger partial charge on any atom is -0.342 e.